The van der Waals surface area contributed by atoms with Crippen molar-refractivity contribution in [1.82, 2.24) is 10.2 Å². The Kier molecular flexibility index (Phi) is 7.99. The molecule has 1 rings (SSSR count). The number of halogens is 1. The minimum absolute atomic E-state index is 0. The minimum atomic E-state index is -0.188. The number of anilines is 1. The van der Waals surface area contributed by atoms with Crippen LogP contribution in [0.15, 0.2) is 12.1 Å². The molecule has 5 nitrogen and oxygen atoms in total. The molecule has 0 unspecified atom stereocenters. The Morgan fingerprint density at radius 1 is 1.14 bits per heavy atom. The highest BCUT2D eigenvalue weighted by atomic mass is 35.5. The molecule has 0 spiro atoms. The van der Waals surface area contributed by atoms with E-state index in [1.165, 1.54) is 10.5 Å². The first-order valence-electron chi connectivity index (χ1n) is 6.61. The lowest BCUT2D eigenvalue weighted by Crippen LogP contribution is -2.39. The van der Waals surface area contributed by atoms with Crippen LogP contribution in [0.3, 0.4) is 0 Å². The largest absolute Gasteiger partial charge is 0.335 e. The van der Waals surface area contributed by atoms with E-state index in [2.05, 4.69) is 10.6 Å². The van der Waals surface area contributed by atoms with Gasteiger partial charge < -0.3 is 15.5 Å². The Hall–Kier alpha value is -1.59. The Morgan fingerprint density at radius 2 is 1.67 bits per heavy atom. The fraction of sp³-hybridized carbons (Fsp3) is 0.467. The summed E-state index contributed by atoms with van der Waals surface area (Å²) in [5.41, 5.74) is 4.05. The summed E-state index contributed by atoms with van der Waals surface area (Å²) in [7, 11) is 3.32. The predicted molar refractivity (Wildman–Crippen MR) is 88.1 cm³/mol. The van der Waals surface area contributed by atoms with Crippen molar-refractivity contribution in [3.05, 3.63) is 28.8 Å². The average Bonchev–Trinajstić information content (AvgIpc) is 2.34. The van der Waals surface area contributed by atoms with Gasteiger partial charge in [0.05, 0.1) is 13.1 Å². The molecule has 0 aliphatic rings. The molecule has 0 aromatic heterocycles. The summed E-state index contributed by atoms with van der Waals surface area (Å²) in [4.78, 5) is 25.0. The third-order valence-corrected chi connectivity index (χ3v) is 3.08. The number of nitrogens with one attached hydrogen (secondary N) is 2. The van der Waals surface area contributed by atoms with Crippen molar-refractivity contribution in [3.63, 3.8) is 0 Å². The molecular formula is C15H24ClN3O2. The highest BCUT2D eigenvalue weighted by Gasteiger charge is 2.13. The molecule has 0 heterocycles. The van der Waals surface area contributed by atoms with Gasteiger partial charge in [0.1, 0.15) is 0 Å². The maximum atomic E-state index is 12.0. The molecule has 0 fully saturated rings. The molecule has 1 aromatic carbocycles. The third kappa shape index (κ3) is 5.73. The number of amides is 2. The van der Waals surface area contributed by atoms with Gasteiger partial charge in [0.2, 0.25) is 11.8 Å². The number of likely N-dealkylation sites (N-methyl/N-ethyl adjacent to an activating group) is 2. The third-order valence-electron chi connectivity index (χ3n) is 3.08. The first-order chi connectivity index (χ1) is 9.35. The van der Waals surface area contributed by atoms with Crippen LogP contribution >= 0.6 is 12.4 Å². The van der Waals surface area contributed by atoms with E-state index < -0.39 is 0 Å². The van der Waals surface area contributed by atoms with Crippen molar-refractivity contribution < 1.29 is 9.59 Å². The van der Waals surface area contributed by atoms with Crippen LogP contribution in [0.2, 0.25) is 0 Å². The number of hydrogen-bond acceptors (Lipinski definition) is 3. The van der Waals surface area contributed by atoms with E-state index in [1.807, 2.05) is 32.9 Å². The van der Waals surface area contributed by atoms with Crippen molar-refractivity contribution in [2.45, 2.75) is 20.8 Å². The molecule has 6 heteroatoms. The normalized spacial score (nSPS) is 9.76. The highest BCUT2D eigenvalue weighted by molar-refractivity contribution is 5.95. The van der Waals surface area contributed by atoms with Crippen molar-refractivity contribution >= 4 is 29.9 Å². The number of benzene rings is 1. The van der Waals surface area contributed by atoms with Gasteiger partial charge in [-0.3, -0.25) is 9.59 Å². The second-order valence-corrected chi connectivity index (χ2v) is 5.10. The molecule has 0 saturated heterocycles. The zero-order chi connectivity index (χ0) is 15.3. The van der Waals surface area contributed by atoms with E-state index in [4.69, 9.17) is 0 Å². The highest BCUT2D eigenvalue weighted by Crippen LogP contribution is 2.21. The number of carbonyl (C=O) groups excluding carboxylic acids is 2. The van der Waals surface area contributed by atoms with Gasteiger partial charge in [-0.15, -0.1) is 12.4 Å². The fourth-order valence-corrected chi connectivity index (χ4v) is 2.15. The van der Waals surface area contributed by atoms with Gasteiger partial charge in [-0.05, 0) is 38.9 Å². The summed E-state index contributed by atoms with van der Waals surface area (Å²) in [6, 6.07) is 4.05. The number of nitrogens with zero attached hydrogens (tertiary/aromatic N) is 1. The van der Waals surface area contributed by atoms with Crippen LogP contribution in [0, 0.1) is 20.8 Å². The van der Waals surface area contributed by atoms with Gasteiger partial charge in [0, 0.05) is 12.7 Å². The molecular weight excluding hydrogens is 290 g/mol. The minimum Gasteiger partial charge on any atom is -0.335 e. The number of hydrogen-bond donors (Lipinski definition) is 2. The fourth-order valence-electron chi connectivity index (χ4n) is 2.15. The molecule has 1 aromatic rings. The van der Waals surface area contributed by atoms with Crippen molar-refractivity contribution in [1.29, 1.82) is 0 Å². The maximum absolute atomic E-state index is 12.0. The molecule has 2 N–H and O–H groups in total. The first-order valence-corrected chi connectivity index (χ1v) is 6.61. The van der Waals surface area contributed by atoms with Gasteiger partial charge in [0.25, 0.3) is 0 Å². The van der Waals surface area contributed by atoms with Crippen LogP contribution in [0.5, 0.6) is 0 Å². The monoisotopic (exact) mass is 313 g/mol. The van der Waals surface area contributed by atoms with Crippen LogP contribution in [-0.2, 0) is 9.59 Å². The molecule has 0 radical (unpaired) electrons. The van der Waals surface area contributed by atoms with Crippen LogP contribution in [0.25, 0.3) is 0 Å². The van der Waals surface area contributed by atoms with Crippen LogP contribution in [0.4, 0.5) is 5.69 Å². The Labute approximate surface area is 132 Å². The molecule has 0 bridgehead atoms. The predicted octanol–water partition coefficient (Wildman–Crippen LogP) is 1.65. The summed E-state index contributed by atoms with van der Waals surface area (Å²) < 4.78 is 0. The standard InChI is InChI=1S/C15H23N3O2.ClH/c1-10-6-11(2)15(12(3)7-10)17-13(19)9-18(5)14(20)8-16-4;/h6-7,16H,8-9H2,1-5H3,(H,17,19);1H. The Balaban J connectivity index is 0.00000400. The SMILES string of the molecule is CNCC(=O)N(C)CC(=O)Nc1c(C)cc(C)cc1C.Cl. The Bertz CT molecular complexity index is 495. The average molecular weight is 314 g/mol. The Morgan fingerprint density at radius 3 is 2.14 bits per heavy atom. The van der Waals surface area contributed by atoms with E-state index >= 15 is 0 Å². The summed E-state index contributed by atoms with van der Waals surface area (Å²) in [6.07, 6.45) is 0. The molecule has 0 atom stereocenters. The van der Waals surface area contributed by atoms with Crippen LogP contribution in [-0.4, -0.2) is 43.9 Å². The quantitative estimate of drug-likeness (QED) is 0.869. The second kappa shape index (κ2) is 8.64. The summed E-state index contributed by atoms with van der Waals surface area (Å²) in [5.74, 6) is -0.299. The van der Waals surface area contributed by atoms with Gasteiger partial charge in [-0.25, -0.2) is 0 Å². The zero-order valence-electron chi connectivity index (χ0n) is 13.2. The van der Waals surface area contributed by atoms with Crippen LogP contribution in [0.1, 0.15) is 16.7 Å². The second-order valence-electron chi connectivity index (χ2n) is 5.10. The van der Waals surface area contributed by atoms with Crippen molar-refractivity contribution in [3.8, 4) is 0 Å². The van der Waals surface area contributed by atoms with Crippen LogP contribution < -0.4 is 10.6 Å². The lowest BCUT2D eigenvalue weighted by molar-refractivity contribution is -0.132. The molecule has 0 aliphatic heterocycles. The number of aryl methyl sites for hydroxylation is 3. The zero-order valence-corrected chi connectivity index (χ0v) is 14.1. The summed E-state index contributed by atoms with van der Waals surface area (Å²) in [5, 5.41) is 5.65. The molecule has 0 aliphatic carbocycles. The molecule has 118 valence electrons. The topological polar surface area (TPSA) is 61.4 Å². The molecule has 21 heavy (non-hydrogen) atoms. The van der Waals surface area contributed by atoms with Gasteiger partial charge >= 0.3 is 0 Å². The lowest BCUT2D eigenvalue weighted by atomic mass is 10.1. The van der Waals surface area contributed by atoms with Gasteiger partial charge in [-0.2, -0.15) is 0 Å². The van der Waals surface area contributed by atoms with Crippen molar-refractivity contribution in [2.75, 3.05) is 32.5 Å². The number of carbonyl (C=O) groups is 2. The summed E-state index contributed by atoms with van der Waals surface area (Å²) >= 11 is 0. The van der Waals surface area contributed by atoms with E-state index in [0.717, 1.165) is 16.8 Å². The molecule has 0 saturated carbocycles. The van der Waals surface area contributed by atoms with Crippen molar-refractivity contribution in [2.24, 2.45) is 0 Å². The first kappa shape index (κ1) is 19.4. The van der Waals surface area contributed by atoms with Gasteiger partial charge in [0.15, 0.2) is 0 Å². The van der Waals surface area contributed by atoms with E-state index in [-0.39, 0.29) is 37.3 Å². The van der Waals surface area contributed by atoms with Gasteiger partial charge in [-0.1, -0.05) is 17.7 Å². The molecule has 2 amide bonds. The summed E-state index contributed by atoms with van der Waals surface area (Å²) in [6.45, 7) is 6.23. The van der Waals surface area contributed by atoms with E-state index in [1.54, 1.807) is 14.1 Å². The lowest BCUT2D eigenvalue weighted by Gasteiger charge is -2.18. The maximum Gasteiger partial charge on any atom is 0.243 e. The van der Waals surface area contributed by atoms with E-state index in [9.17, 15) is 9.59 Å². The van der Waals surface area contributed by atoms with E-state index in [0.29, 0.717) is 0 Å². The number of rotatable bonds is 5. The smallest absolute Gasteiger partial charge is 0.243 e.